The van der Waals surface area contributed by atoms with Gasteiger partial charge in [-0.1, -0.05) is 30.7 Å². The van der Waals surface area contributed by atoms with E-state index in [0.717, 1.165) is 16.6 Å². The first-order valence-corrected chi connectivity index (χ1v) is 7.04. The number of hydrogen-bond acceptors (Lipinski definition) is 3. The lowest BCUT2D eigenvalue weighted by Crippen LogP contribution is -2.31. The van der Waals surface area contributed by atoms with E-state index in [1.807, 2.05) is 24.3 Å². The highest BCUT2D eigenvalue weighted by Gasteiger charge is 2.24. The van der Waals surface area contributed by atoms with Crippen LogP contribution in [0.3, 0.4) is 0 Å². The normalized spacial score (nSPS) is 16.6. The SMILES string of the molecule is CC(Nc1ncc(C(=O)O)c2ccccc12)C1CCC1. The van der Waals surface area contributed by atoms with Gasteiger partial charge in [0.2, 0.25) is 0 Å². The molecule has 0 bridgehead atoms. The third-order valence-electron chi connectivity index (χ3n) is 4.25. The summed E-state index contributed by atoms with van der Waals surface area (Å²) in [4.78, 5) is 15.6. The largest absolute Gasteiger partial charge is 0.478 e. The van der Waals surface area contributed by atoms with Crippen molar-refractivity contribution in [2.24, 2.45) is 5.92 Å². The molecule has 1 fully saturated rings. The molecule has 1 aromatic carbocycles. The Morgan fingerprint density at radius 1 is 1.35 bits per heavy atom. The molecule has 1 aromatic heterocycles. The van der Waals surface area contributed by atoms with Crippen LogP contribution in [0.2, 0.25) is 0 Å². The van der Waals surface area contributed by atoms with Crippen molar-refractivity contribution >= 4 is 22.6 Å². The van der Waals surface area contributed by atoms with Crippen LogP contribution in [0.15, 0.2) is 30.5 Å². The summed E-state index contributed by atoms with van der Waals surface area (Å²) in [5.41, 5.74) is 0.252. The zero-order chi connectivity index (χ0) is 14.1. The van der Waals surface area contributed by atoms with E-state index >= 15 is 0 Å². The van der Waals surface area contributed by atoms with Crippen LogP contribution in [-0.2, 0) is 0 Å². The van der Waals surface area contributed by atoms with Gasteiger partial charge in [-0.2, -0.15) is 0 Å². The Morgan fingerprint density at radius 2 is 2.05 bits per heavy atom. The number of carboxylic acids is 1. The maximum atomic E-state index is 11.3. The number of carbonyl (C=O) groups is 1. The molecule has 4 nitrogen and oxygen atoms in total. The van der Waals surface area contributed by atoms with Crippen LogP contribution >= 0.6 is 0 Å². The number of rotatable bonds is 4. The molecule has 2 aromatic rings. The maximum absolute atomic E-state index is 11.3. The van der Waals surface area contributed by atoms with Crippen molar-refractivity contribution < 1.29 is 9.90 Å². The average molecular weight is 270 g/mol. The van der Waals surface area contributed by atoms with Gasteiger partial charge in [0.15, 0.2) is 0 Å². The molecule has 4 heteroatoms. The Morgan fingerprint density at radius 3 is 2.65 bits per heavy atom. The highest BCUT2D eigenvalue weighted by molar-refractivity contribution is 6.06. The summed E-state index contributed by atoms with van der Waals surface area (Å²) in [6, 6.07) is 7.89. The van der Waals surface area contributed by atoms with E-state index in [4.69, 9.17) is 0 Å². The Hall–Kier alpha value is -2.10. The summed E-state index contributed by atoms with van der Waals surface area (Å²) < 4.78 is 0. The number of carboxylic acid groups (broad SMARTS) is 1. The van der Waals surface area contributed by atoms with Gasteiger partial charge >= 0.3 is 5.97 Å². The van der Waals surface area contributed by atoms with Gasteiger partial charge in [-0.05, 0) is 25.7 Å². The molecule has 0 radical (unpaired) electrons. The van der Waals surface area contributed by atoms with Gasteiger partial charge in [-0.25, -0.2) is 9.78 Å². The summed E-state index contributed by atoms with van der Waals surface area (Å²) >= 11 is 0. The number of anilines is 1. The molecule has 1 unspecified atom stereocenters. The minimum atomic E-state index is -0.938. The second-order valence-electron chi connectivity index (χ2n) is 5.50. The van der Waals surface area contributed by atoms with Gasteiger partial charge in [0.1, 0.15) is 5.82 Å². The number of aromatic carboxylic acids is 1. The molecule has 2 N–H and O–H groups in total. The molecule has 1 aliphatic carbocycles. The average Bonchev–Trinajstić information content (AvgIpc) is 2.36. The van der Waals surface area contributed by atoms with E-state index in [9.17, 15) is 9.90 Å². The minimum absolute atomic E-state index is 0.252. The molecular formula is C16H18N2O2. The molecule has 0 aliphatic heterocycles. The third-order valence-corrected chi connectivity index (χ3v) is 4.25. The zero-order valence-electron chi connectivity index (χ0n) is 11.5. The molecule has 20 heavy (non-hydrogen) atoms. The van der Waals surface area contributed by atoms with Crippen molar-refractivity contribution in [1.82, 2.24) is 4.98 Å². The van der Waals surface area contributed by atoms with Crippen LogP contribution in [0, 0.1) is 5.92 Å². The minimum Gasteiger partial charge on any atom is -0.478 e. The molecule has 1 heterocycles. The predicted octanol–water partition coefficient (Wildman–Crippen LogP) is 3.53. The van der Waals surface area contributed by atoms with E-state index in [2.05, 4.69) is 17.2 Å². The van der Waals surface area contributed by atoms with Crippen molar-refractivity contribution in [3.05, 3.63) is 36.0 Å². The molecule has 1 saturated carbocycles. The lowest BCUT2D eigenvalue weighted by atomic mass is 9.80. The van der Waals surface area contributed by atoms with Crippen LogP contribution in [0.5, 0.6) is 0 Å². The monoisotopic (exact) mass is 270 g/mol. The quantitative estimate of drug-likeness (QED) is 0.892. The van der Waals surface area contributed by atoms with Crippen LogP contribution in [0.25, 0.3) is 10.8 Å². The van der Waals surface area contributed by atoms with E-state index < -0.39 is 5.97 Å². The zero-order valence-corrected chi connectivity index (χ0v) is 11.5. The molecule has 3 rings (SSSR count). The first kappa shape index (κ1) is 12.9. The number of aromatic nitrogens is 1. The molecular weight excluding hydrogens is 252 g/mol. The maximum Gasteiger partial charge on any atom is 0.337 e. The van der Waals surface area contributed by atoms with E-state index in [0.29, 0.717) is 12.0 Å². The predicted molar refractivity (Wildman–Crippen MR) is 79.1 cm³/mol. The van der Waals surface area contributed by atoms with E-state index in [1.165, 1.54) is 25.5 Å². The number of nitrogens with zero attached hydrogens (tertiary/aromatic N) is 1. The van der Waals surface area contributed by atoms with Crippen LogP contribution in [0.1, 0.15) is 36.5 Å². The summed E-state index contributed by atoms with van der Waals surface area (Å²) in [6.07, 6.45) is 5.28. The van der Waals surface area contributed by atoms with Crippen LogP contribution in [0.4, 0.5) is 5.82 Å². The van der Waals surface area contributed by atoms with Crippen molar-refractivity contribution in [3.8, 4) is 0 Å². The highest BCUT2D eigenvalue weighted by Crippen LogP contribution is 2.32. The number of nitrogens with one attached hydrogen (secondary N) is 1. The fraction of sp³-hybridized carbons (Fsp3) is 0.375. The van der Waals surface area contributed by atoms with Gasteiger partial charge in [-0.15, -0.1) is 0 Å². The molecule has 1 aliphatic rings. The lowest BCUT2D eigenvalue weighted by molar-refractivity contribution is 0.0698. The van der Waals surface area contributed by atoms with Crippen molar-refractivity contribution in [3.63, 3.8) is 0 Å². The van der Waals surface area contributed by atoms with Gasteiger partial charge in [0, 0.05) is 23.0 Å². The number of fused-ring (bicyclic) bond motifs is 1. The Balaban J connectivity index is 1.99. The van der Waals surface area contributed by atoms with Gasteiger partial charge < -0.3 is 10.4 Å². The van der Waals surface area contributed by atoms with Crippen LogP contribution < -0.4 is 5.32 Å². The summed E-state index contributed by atoms with van der Waals surface area (Å²) in [5, 5.41) is 14.3. The number of benzene rings is 1. The Bertz CT molecular complexity index is 650. The van der Waals surface area contributed by atoms with Gasteiger partial charge in [0.25, 0.3) is 0 Å². The van der Waals surface area contributed by atoms with Gasteiger partial charge in [0.05, 0.1) is 5.56 Å². The van der Waals surface area contributed by atoms with E-state index in [1.54, 1.807) is 0 Å². The third kappa shape index (κ3) is 2.22. The summed E-state index contributed by atoms with van der Waals surface area (Å²) in [6.45, 7) is 2.17. The second kappa shape index (κ2) is 5.12. The fourth-order valence-electron chi connectivity index (χ4n) is 2.75. The van der Waals surface area contributed by atoms with E-state index in [-0.39, 0.29) is 5.56 Å². The van der Waals surface area contributed by atoms with Crippen molar-refractivity contribution in [2.45, 2.75) is 32.2 Å². The van der Waals surface area contributed by atoms with Gasteiger partial charge in [-0.3, -0.25) is 0 Å². The molecule has 1 atom stereocenters. The molecule has 0 amide bonds. The molecule has 104 valence electrons. The first-order chi connectivity index (χ1) is 9.66. The molecule has 0 saturated heterocycles. The Kier molecular flexibility index (Phi) is 3.30. The topological polar surface area (TPSA) is 62.2 Å². The number of pyridine rings is 1. The molecule has 0 spiro atoms. The van der Waals surface area contributed by atoms with Crippen LogP contribution in [-0.4, -0.2) is 22.1 Å². The summed E-state index contributed by atoms with van der Waals surface area (Å²) in [7, 11) is 0. The standard InChI is InChI=1S/C16H18N2O2/c1-10(11-5-4-6-11)18-15-13-8-3-2-7-12(13)14(9-17-15)16(19)20/h2-3,7-11H,4-6H2,1H3,(H,17,18)(H,19,20). The summed E-state index contributed by atoms with van der Waals surface area (Å²) in [5.74, 6) is 0.548. The first-order valence-electron chi connectivity index (χ1n) is 7.04. The van der Waals surface area contributed by atoms with Crippen molar-refractivity contribution in [1.29, 1.82) is 0 Å². The second-order valence-corrected chi connectivity index (χ2v) is 5.50. The smallest absolute Gasteiger partial charge is 0.337 e. The number of hydrogen-bond donors (Lipinski definition) is 2. The lowest BCUT2D eigenvalue weighted by Gasteiger charge is -2.32. The highest BCUT2D eigenvalue weighted by atomic mass is 16.4. The Labute approximate surface area is 117 Å². The van der Waals surface area contributed by atoms with Crippen molar-refractivity contribution in [2.75, 3.05) is 5.32 Å². The fourth-order valence-corrected chi connectivity index (χ4v) is 2.75.